The zero-order valence-electron chi connectivity index (χ0n) is 25.7. The predicted molar refractivity (Wildman–Crippen MR) is 174 cm³/mol. The molecule has 0 bridgehead atoms. The minimum Gasteiger partial charge on any atom is -0.481 e. The summed E-state index contributed by atoms with van der Waals surface area (Å²) in [6, 6.07) is 13.3. The predicted octanol–water partition coefficient (Wildman–Crippen LogP) is 4.53. The first-order valence-electron chi connectivity index (χ1n) is 15.1. The van der Waals surface area contributed by atoms with Gasteiger partial charge < -0.3 is 25.0 Å². The number of carbonyl (C=O) groups is 1. The van der Waals surface area contributed by atoms with Gasteiger partial charge in [0.15, 0.2) is 0 Å². The molecule has 0 radical (unpaired) electrons. The summed E-state index contributed by atoms with van der Waals surface area (Å²) >= 11 is 7.09. The Kier molecular flexibility index (Phi) is 8.39. The normalized spacial score (nSPS) is 17.8. The minimum absolute atomic E-state index is 0.146. The van der Waals surface area contributed by atoms with E-state index in [0.29, 0.717) is 40.3 Å². The van der Waals surface area contributed by atoms with Crippen LogP contribution in [0.1, 0.15) is 58.8 Å². The van der Waals surface area contributed by atoms with Crippen molar-refractivity contribution in [3.8, 4) is 28.3 Å². The number of amides is 1. The number of benzene rings is 2. The highest BCUT2D eigenvalue weighted by Gasteiger charge is 2.37. The lowest BCUT2D eigenvalue weighted by Crippen LogP contribution is -2.40. The van der Waals surface area contributed by atoms with Gasteiger partial charge in [-0.05, 0) is 48.6 Å². The summed E-state index contributed by atoms with van der Waals surface area (Å²) in [5.74, 6) is -0.148. The smallest absolute Gasteiger partial charge is 0.330 e. The molecule has 2 heterocycles. The summed E-state index contributed by atoms with van der Waals surface area (Å²) in [6.07, 6.45) is 5.75. The quantitative estimate of drug-likeness (QED) is 0.274. The van der Waals surface area contributed by atoms with Crippen molar-refractivity contribution in [3.63, 3.8) is 0 Å². The fraction of sp³-hybridized carbons (Fsp3) is 0.353. The summed E-state index contributed by atoms with van der Waals surface area (Å²) in [5, 5.41) is 18.0. The van der Waals surface area contributed by atoms with Crippen LogP contribution in [0.3, 0.4) is 0 Å². The van der Waals surface area contributed by atoms with E-state index in [1.54, 1.807) is 19.2 Å². The van der Waals surface area contributed by atoms with Gasteiger partial charge in [0, 0.05) is 55.1 Å². The number of halogens is 1. The van der Waals surface area contributed by atoms with Crippen LogP contribution in [-0.4, -0.2) is 44.4 Å². The molecule has 1 fully saturated rings. The molecule has 234 valence electrons. The summed E-state index contributed by atoms with van der Waals surface area (Å²) in [5.41, 5.74) is 4.66. The number of anilines is 1. The first kappa shape index (κ1) is 30.8. The van der Waals surface area contributed by atoms with Crippen molar-refractivity contribution in [2.75, 3.05) is 12.4 Å². The fourth-order valence-corrected chi connectivity index (χ4v) is 6.93. The Bertz CT molecular complexity index is 1930. The Labute approximate surface area is 265 Å². The highest BCUT2D eigenvalue weighted by atomic mass is 35.5. The Morgan fingerprint density at radius 3 is 2.49 bits per heavy atom. The number of rotatable bonds is 7. The Morgan fingerprint density at radius 2 is 1.76 bits per heavy atom. The van der Waals surface area contributed by atoms with E-state index in [4.69, 9.17) is 21.3 Å². The van der Waals surface area contributed by atoms with Crippen LogP contribution in [0.5, 0.6) is 5.88 Å². The third kappa shape index (κ3) is 5.58. The molecule has 1 amide bonds. The van der Waals surface area contributed by atoms with Gasteiger partial charge in [0.25, 0.3) is 11.5 Å². The van der Waals surface area contributed by atoms with Gasteiger partial charge in [-0.25, -0.2) is 9.78 Å². The number of fused-ring (bicyclic) bond motifs is 1. The molecule has 6 rings (SSSR count). The van der Waals surface area contributed by atoms with Crippen LogP contribution < -0.4 is 26.6 Å². The van der Waals surface area contributed by atoms with Crippen molar-refractivity contribution < 1.29 is 14.6 Å². The number of nitrogens with zero attached hydrogens (tertiary/aromatic N) is 3. The number of aryl methyl sites for hydroxylation is 1. The molecule has 3 N–H and O–H groups in total. The molecule has 10 nitrogen and oxygen atoms in total. The van der Waals surface area contributed by atoms with Gasteiger partial charge in [-0.15, -0.1) is 0 Å². The second-order valence-electron chi connectivity index (χ2n) is 11.9. The van der Waals surface area contributed by atoms with Crippen molar-refractivity contribution in [3.05, 3.63) is 96.8 Å². The van der Waals surface area contributed by atoms with Crippen molar-refractivity contribution >= 4 is 23.2 Å². The lowest BCUT2D eigenvalue weighted by atomic mass is 9.96. The van der Waals surface area contributed by atoms with Crippen molar-refractivity contribution in [1.29, 1.82) is 0 Å². The molecule has 1 unspecified atom stereocenters. The van der Waals surface area contributed by atoms with Crippen LogP contribution >= 0.6 is 11.6 Å². The van der Waals surface area contributed by atoms with Crippen LogP contribution in [-0.2, 0) is 20.5 Å². The summed E-state index contributed by atoms with van der Waals surface area (Å²) in [6.45, 7) is 1.86. The third-order valence-electron chi connectivity index (χ3n) is 9.04. The van der Waals surface area contributed by atoms with E-state index in [1.165, 1.54) is 37.7 Å². The lowest BCUT2D eigenvalue weighted by molar-refractivity contribution is 0.102. The number of hydrogen-bond donors (Lipinski definition) is 3. The molecule has 4 aromatic rings. The van der Waals surface area contributed by atoms with E-state index < -0.39 is 23.3 Å². The van der Waals surface area contributed by atoms with Gasteiger partial charge in [-0.3, -0.25) is 14.2 Å². The van der Waals surface area contributed by atoms with Gasteiger partial charge in [-0.2, -0.15) is 0 Å². The number of aromatic nitrogens is 3. The molecule has 11 heteroatoms. The Morgan fingerprint density at radius 1 is 1.07 bits per heavy atom. The van der Waals surface area contributed by atoms with Crippen LogP contribution in [0.2, 0.25) is 5.02 Å². The fourth-order valence-electron chi connectivity index (χ4n) is 6.61. The zero-order chi connectivity index (χ0) is 32.0. The van der Waals surface area contributed by atoms with E-state index in [1.807, 2.05) is 37.3 Å². The number of aliphatic hydroxyl groups excluding tert-OH is 1. The van der Waals surface area contributed by atoms with Gasteiger partial charge >= 0.3 is 5.69 Å². The topological polar surface area (TPSA) is 127 Å². The molecule has 2 atom stereocenters. The van der Waals surface area contributed by atoms with Gasteiger partial charge in [0.1, 0.15) is 5.56 Å². The molecule has 2 aromatic heterocycles. The molecule has 45 heavy (non-hydrogen) atoms. The number of methoxy groups -OCH3 is 1. The molecule has 0 spiro atoms. The second-order valence-corrected chi connectivity index (χ2v) is 12.3. The number of carbonyl (C=O) groups excluding carboxylic acids is 1. The van der Waals surface area contributed by atoms with E-state index in [0.717, 1.165) is 45.2 Å². The lowest BCUT2D eigenvalue weighted by Gasteiger charge is -2.23. The van der Waals surface area contributed by atoms with Crippen molar-refractivity contribution in [2.24, 2.45) is 14.1 Å². The third-order valence-corrected chi connectivity index (χ3v) is 9.44. The zero-order valence-corrected chi connectivity index (χ0v) is 26.4. The summed E-state index contributed by atoms with van der Waals surface area (Å²) in [7, 11) is 4.41. The first-order chi connectivity index (χ1) is 21.6. The number of ether oxygens (including phenoxy) is 1. The van der Waals surface area contributed by atoms with E-state index in [9.17, 15) is 19.5 Å². The maximum Gasteiger partial charge on any atom is 0.330 e. The van der Waals surface area contributed by atoms with Crippen molar-refractivity contribution in [2.45, 2.75) is 57.2 Å². The highest BCUT2D eigenvalue weighted by molar-refractivity contribution is 6.36. The largest absolute Gasteiger partial charge is 0.481 e. The minimum atomic E-state index is -0.675. The number of hydrogen-bond acceptors (Lipinski definition) is 7. The van der Waals surface area contributed by atoms with Crippen LogP contribution in [0.4, 0.5) is 5.69 Å². The first-order valence-corrected chi connectivity index (χ1v) is 15.5. The number of aliphatic hydroxyl groups is 1. The molecule has 1 saturated carbocycles. The second kappa shape index (κ2) is 12.3. The number of nitrogens with one attached hydrogen (secondary N) is 2. The monoisotopic (exact) mass is 629 g/mol. The number of pyridine rings is 1. The average Bonchev–Trinajstić information content (AvgIpc) is 3.66. The Hall–Kier alpha value is -4.25. The van der Waals surface area contributed by atoms with Gasteiger partial charge in [-0.1, -0.05) is 54.8 Å². The highest BCUT2D eigenvalue weighted by Crippen LogP contribution is 2.43. The molecular formula is C34H36ClN5O5. The van der Waals surface area contributed by atoms with Crippen LogP contribution in [0.25, 0.3) is 22.4 Å². The van der Waals surface area contributed by atoms with E-state index in [2.05, 4.69) is 10.6 Å². The van der Waals surface area contributed by atoms with Gasteiger partial charge in [0.2, 0.25) is 5.88 Å². The van der Waals surface area contributed by atoms with Crippen LogP contribution in [0, 0.1) is 6.92 Å². The van der Waals surface area contributed by atoms with E-state index >= 15 is 0 Å². The maximum absolute atomic E-state index is 13.1. The average molecular weight is 630 g/mol. The van der Waals surface area contributed by atoms with Crippen molar-refractivity contribution in [1.82, 2.24) is 19.4 Å². The summed E-state index contributed by atoms with van der Waals surface area (Å²) in [4.78, 5) is 42.7. The van der Waals surface area contributed by atoms with E-state index in [-0.39, 0.29) is 11.6 Å². The van der Waals surface area contributed by atoms with Crippen LogP contribution in [0.15, 0.2) is 58.3 Å². The molecule has 2 aliphatic rings. The molecule has 0 aliphatic heterocycles. The molecular weight excluding hydrogens is 594 g/mol. The van der Waals surface area contributed by atoms with Gasteiger partial charge in [0.05, 0.1) is 30.0 Å². The Balaban J connectivity index is 1.34. The standard InChI is InChI=1S/C34H36ClN5O5/c1-18-21(11-8-14-25(18)37-31(42)24-17-39(2)34(44)40(3)33(24)43)22-12-7-13-23(29(22)35)26-15-19-16-27(41)30(28(19)32(38-26)45-4)36-20-9-5-6-10-20/h7-8,11-15,17,20,27,30,36,41H,5-6,9-10,16H2,1-4H3,(H,37,42)/t27-,30?/m0/s1. The molecule has 2 aromatic carbocycles. The molecule has 2 aliphatic carbocycles. The maximum atomic E-state index is 13.1. The SMILES string of the molecule is COc1nc(-c2cccc(-c3cccc(NC(=O)c4cn(C)c(=O)n(C)c4=O)c3C)c2Cl)cc2c1C(NC1CCCC1)[C@@H](O)C2. The molecule has 0 saturated heterocycles. The summed E-state index contributed by atoms with van der Waals surface area (Å²) < 4.78 is 7.86.